The van der Waals surface area contributed by atoms with Crippen molar-refractivity contribution in [1.82, 2.24) is 4.98 Å². The van der Waals surface area contributed by atoms with Crippen LogP contribution in [0.2, 0.25) is 0 Å². The van der Waals surface area contributed by atoms with E-state index in [0.29, 0.717) is 34.0 Å². The van der Waals surface area contributed by atoms with Crippen molar-refractivity contribution >= 4 is 28.3 Å². The zero-order valence-corrected chi connectivity index (χ0v) is 15.3. The topological polar surface area (TPSA) is 77.5 Å². The van der Waals surface area contributed by atoms with Crippen LogP contribution in [0.25, 0.3) is 10.9 Å². The Bertz CT molecular complexity index is 1110. The van der Waals surface area contributed by atoms with Gasteiger partial charge in [0.15, 0.2) is 17.3 Å². The molecule has 0 bridgehead atoms. The fourth-order valence-corrected chi connectivity index (χ4v) is 3.15. The van der Waals surface area contributed by atoms with E-state index in [0.717, 1.165) is 16.5 Å². The summed E-state index contributed by atoms with van der Waals surface area (Å²) in [5, 5.41) is 3.71. The van der Waals surface area contributed by atoms with E-state index >= 15 is 0 Å². The van der Waals surface area contributed by atoms with Crippen molar-refractivity contribution in [2.24, 2.45) is 0 Å². The van der Waals surface area contributed by atoms with E-state index in [4.69, 9.17) is 9.47 Å². The quantitative estimate of drug-likeness (QED) is 0.712. The monoisotopic (exact) mass is 362 g/mol. The number of benzene rings is 2. The maximum atomic E-state index is 12.9. The number of hydrogen-bond acceptors (Lipinski definition) is 5. The van der Waals surface area contributed by atoms with Crippen LogP contribution in [-0.2, 0) is 0 Å². The molecule has 27 heavy (non-hydrogen) atoms. The molecule has 136 valence electrons. The van der Waals surface area contributed by atoms with E-state index in [1.165, 1.54) is 6.92 Å². The third-order valence-electron chi connectivity index (χ3n) is 4.55. The first kappa shape index (κ1) is 17.0. The Morgan fingerprint density at radius 1 is 1.00 bits per heavy atom. The Morgan fingerprint density at radius 3 is 2.48 bits per heavy atom. The van der Waals surface area contributed by atoms with Gasteiger partial charge in [0.2, 0.25) is 6.79 Å². The van der Waals surface area contributed by atoms with E-state index < -0.39 is 0 Å². The van der Waals surface area contributed by atoms with Crippen molar-refractivity contribution in [3.63, 3.8) is 0 Å². The highest BCUT2D eigenvalue weighted by atomic mass is 16.7. The number of fused-ring (bicyclic) bond motifs is 2. The number of aromatic nitrogens is 1. The molecule has 0 radical (unpaired) electrons. The number of anilines is 1. The standard InChI is InChI=1S/C21H18N2O4/c1-11-4-5-17-14(6-11)7-15(12(2)22-17)21(25)23-18-9-20-19(26-10-27-20)8-16(18)13(3)24/h4-9H,10H2,1-3H3,(H,23,25). The molecule has 1 N–H and O–H groups in total. The highest BCUT2D eigenvalue weighted by Crippen LogP contribution is 2.37. The number of carbonyl (C=O) groups is 2. The first-order valence-corrected chi connectivity index (χ1v) is 8.56. The van der Waals surface area contributed by atoms with Gasteiger partial charge in [-0.25, -0.2) is 0 Å². The molecule has 6 heteroatoms. The Labute approximate surface area is 156 Å². The summed E-state index contributed by atoms with van der Waals surface area (Å²) < 4.78 is 10.7. The molecule has 1 aliphatic rings. The molecule has 2 heterocycles. The van der Waals surface area contributed by atoms with Gasteiger partial charge >= 0.3 is 0 Å². The van der Waals surface area contributed by atoms with Gasteiger partial charge in [0.05, 0.1) is 22.5 Å². The second-order valence-electron chi connectivity index (χ2n) is 6.58. The van der Waals surface area contributed by atoms with Gasteiger partial charge in [-0.3, -0.25) is 14.6 Å². The largest absolute Gasteiger partial charge is 0.454 e. The highest BCUT2D eigenvalue weighted by Gasteiger charge is 2.21. The van der Waals surface area contributed by atoms with E-state index in [2.05, 4.69) is 10.3 Å². The number of aryl methyl sites for hydroxylation is 2. The van der Waals surface area contributed by atoms with Crippen LogP contribution in [-0.4, -0.2) is 23.5 Å². The lowest BCUT2D eigenvalue weighted by Crippen LogP contribution is -2.16. The van der Waals surface area contributed by atoms with E-state index in [9.17, 15) is 9.59 Å². The van der Waals surface area contributed by atoms with E-state index in [1.807, 2.05) is 31.2 Å². The van der Waals surface area contributed by atoms with Crippen molar-refractivity contribution in [1.29, 1.82) is 0 Å². The Hall–Kier alpha value is -3.41. The maximum absolute atomic E-state index is 12.9. The molecule has 0 unspecified atom stereocenters. The molecule has 0 saturated heterocycles. The molecular weight excluding hydrogens is 344 g/mol. The van der Waals surface area contributed by atoms with Gasteiger partial charge in [0, 0.05) is 17.0 Å². The smallest absolute Gasteiger partial charge is 0.257 e. The third-order valence-corrected chi connectivity index (χ3v) is 4.55. The van der Waals surface area contributed by atoms with Crippen molar-refractivity contribution in [2.75, 3.05) is 12.1 Å². The van der Waals surface area contributed by atoms with Crippen LogP contribution in [0.1, 0.15) is 38.9 Å². The maximum Gasteiger partial charge on any atom is 0.257 e. The Morgan fingerprint density at radius 2 is 1.74 bits per heavy atom. The SMILES string of the molecule is CC(=O)c1cc2c(cc1NC(=O)c1cc3cc(C)ccc3nc1C)OCO2. The lowest BCUT2D eigenvalue weighted by Gasteiger charge is -2.12. The highest BCUT2D eigenvalue weighted by molar-refractivity contribution is 6.11. The van der Waals surface area contributed by atoms with Crippen molar-refractivity contribution in [3.8, 4) is 11.5 Å². The Balaban J connectivity index is 1.73. The first-order chi connectivity index (χ1) is 12.9. The molecule has 4 rings (SSSR count). The normalized spacial score (nSPS) is 12.3. The van der Waals surface area contributed by atoms with Gasteiger partial charge in [-0.1, -0.05) is 11.6 Å². The second-order valence-corrected chi connectivity index (χ2v) is 6.58. The number of ketones is 1. The van der Waals surface area contributed by atoms with Gasteiger partial charge in [-0.15, -0.1) is 0 Å². The van der Waals surface area contributed by atoms with Crippen LogP contribution >= 0.6 is 0 Å². The van der Waals surface area contributed by atoms with Crippen LogP contribution in [0.15, 0.2) is 36.4 Å². The fourth-order valence-electron chi connectivity index (χ4n) is 3.15. The van der Waals surface area contributed by atoms with Crippen LogP contribution in [0.5, 0.6) is 11.5 Å². The zero-order valence-electron chi connectivity index (χ0n) is 15.3. The molecular formula is C21H18N2O4. The molecule has 0 spiro atoms. The number of Topliss-reactive ketones (excluding diaryl/α,β-unsaturated/α-hetero) is 1. The van der Waals surface area contributed by atoms with Gasteiger partial charge in [-0.05, 0) is 45.0 Å². The summed E-state index contributed by atoms with van der Waals surface area (Å²) >= 11 is 0. The first-order valence-electron chi connectivity index (χ1n) is 8.56. The molecule has 1 amide bonds. The molecule has 6 nitrogen and oxygen atoms in total. The molecule has 3 aromatic rings. The van der Waals surface area contributed by atoms with Crippen LogP contribution < -0.4 is 14.8 Å². The average Bonchev–Trinajstić information content (AvgIpc) is 3.08. The molecule has 0 saturated carbocycles. The summed E-state index contributed by atoms with van der Waals surface area (Å²) in [7, 11) is 0. The number of ether oxygens (including phenoxy) is 2. The summed E-state index contributed by atoms with van der Waals surface area (Å²) in [5.74, 6) is 0.494. The second kappa shape index (κ2) is 6.39. The number of amides is 1. The lowest BCUT2D eigenvalue weighted by atomic mass is 10.1. The van der Waals surface area contributed by atoms with Gasteiger partial charge in [0.25, 0.3) is 5.91 Å². The number of nitrogens with one attached hydrogen (secondary N) is 1. The number of pyridine rings is 1. The summed E-state index contributed by atoms with van der Waals surface area (Å²) in [6.45, 7) is 5.32. The van der Waals surface area contributed by atoms with Crippen LogP contribution in [0, 0.1) is 13.8 Å². The van der Waals surface area contributed by atoms with E-state index in [-0.39, 0.29) is 18.5 Å². The van der Waals surface area contributed by atoms with Gasteiger partial charge < -0.3 is 14.8 Å². The molecule has 1 aromatic heterocycles. The molecule has 1 aliphatic heterocycles. The minimum absolute atomic E-state index is 0.0944. The van der Waals surface area contributed by atoms with E-state index in [1.54, 1.807) is 19.1 Å². The summed E-state index contributed by atoms with van der Waals surface area (Å²) in [6.07, 6.45) is 0. The number of nitrogens with zero attached hydrogens (tertiary/aromatic N) is 1. The number of carbonyl (C=O) groups excluding carboxylic acids is 2. The molecule has 0 aliphatic carbocycles. The zero-order chi connectivity index (χ0) is 19.1. The minimum Gasteiger partial charge on any atom is -0.454 e. The lowest BCUT2D eigenvalue weighted by molar-refractivity contribution is 0.101. The van der Waals surface area contributed by atoms with Gasteiger partial charge in [-0.2, -0.15) is 0 Å². The molecule has 2 aromatic carbocycles. The number of rotatable bonds is 3. The van der Waals surface area contributed by atoms with Crippen LogP contribution in [0.3, 0.4) is 0 Å². The summed E-state index contributed by atoms with van der Waals surface area (Å²) in [6, 6.07) is 10.9. The van der Waals surface area contributed by atoms with Crippen molar-refractivity contribution < 1.29 is 19.1 Å². The summed E-state index contributed by atoms with van der Waals surface area (Å²) in [5.41, 5.74) is 3.76. The predicted octanol–water partition coefficient (Wildman–Crippen LogP) is 4.04. The van der Waals surface area contributed by atoms with Gasteiger partial charge in [0.1, 0.15) is 0 Å². The minimum atomic E-state index is -0.329. The molecule has 0 fully saturated rings. The third kappa shape index (κ3) is 3.10. The Kier molecular flexibility index (Phi) is 4.03. The average molecular weight is 362 g/mol. The number of hydrogen-bond donors (Lipinski definition) is 1. The molecule has 0 atom stereocenters. The van der Waals surface area contributed by atoms with Crippen molar-refractivity contribution in [2.45, 2.75) is 20.8 Å². The van der Waals surface area contributed by atoms with Crippen LogP contribution in [0.4, 0.5) is 5.69 Å². The fraction of sp³-hybridized carbons (Fsp3) is 0.190. The summed E-state index contributed by atoms with van der Waals surface area (Å²) in [4.78, 5) is 29.4. The predicted molar refractivity (Wildman–Crippen MR) is 102 cm³/mol. The van der Waals surface area contributed by atoms with Crippen molar-refractivity contribution in [3.05, 3.63) is 58.8 Å².